The lowest BCUT2D eigenvalue weighted by Crippen LogP contribution is -2.24. The summed E-state index contributed by atoms with van der Waals surface area (Å²) in [5, 5.41) is -1.12. The Labute approximate surface area is 87.0 Å². The maximum Gasteiger partial charge on any atom is 0.371 e. The Hall–Kier alpha value is -1.74. The van der Waals surface area contributed by atoms with Crippen molar-refractivity contribution < 1.29 is 18.0 Å². The van der Waals surface area contributed by atoms with Crippen molar-refractivity contribution in [1.82, 2.24) is 0 Å². The van der Waals surface area contributed by atoms with Gasteiger partial charge in [-0.15, -0.1) is 0 Å². The third kappa shape index (κ3) is 2.39. The summed E-state index contributed by atoms with van der Waals surface area (Å²) in [5.74, 6) is 1.57. The zero-order valence-corrected chi connectivity index (χ0v) is 8.73. The van der Waals surface area contributed by atoms with E-state index < -0.39 is 15.1 Å². The van der Waals surface area contributed by atoms with Crippen molar-refractivity contribution >= 4 is 21.3 Å². The first-order valence-corrected chi connectivity index (χ1v) is 5.65. The third-order valence-corrected chi connectivity index (χ3v) is 3.40. The summed E-state index contributed by atoms with van der Waals surface area (Å²) in [6.45, 7) is 1.73. The second-order valence-electron chi connectivity index (χ2n) is 3.04. The first-order chi connectivity index (χ1) is 7.01. The van der Waals surface area contributed by atoms with E-state index in [1.54, 1.807) is 18.9 Å². The van der Waals surface area contributed by atoms with Gasteiger partial charge in [0.15, 0.2) is 0 Å². The molecule has 0 aromatic heterocycles. The fourth-order valence-electron chi connectivity index (χ4n) is 1.22. The molecule has 1 rings (SSSR count). The highest BCUT2D eigenvalue weighted by Gasteiger charge is 2.30. The van der Waals surface area contributed by atoms with Crippen molar-refractivity contribution in [2.45, 2.75) is 12.2 Å². The molecule has 6 heteroatoms. The van der Waals surface area contributed by atoms with Gasteiger partial charge in [0.1, 0.15) is 11.2 Å². The second kappa shape index (κ2) is 4.19. The molecule has 1 atom stereocenters. The van der Waals surface area contributed by atoms with Crippen molar-refractivity contribution in [3.05, 3.63) is 34.9 Å². The molecule has 5 nitrogen and oxygen atoms in total. The van der Waals surface area contributed by atoms with Gasteiger partial charge in [0.2, 0.25) is 0 Å². The first kappa shape index (κ1) is 11.3. The van der Waals surface area contributed by atoms with Crippen LogP contribution in [0, 0.1) is 0 Å². The van der Waals surface area contributed by atoms with Crippen molar-refractivity contribution in [3.63, 3.8) is 0 Å². The lowest BCUT2D eigenvalue weighted by Gasteiger charge is -2.11. The molecule has 1 unspecified atom stereocenters. The van der Waals surface area contributed by atoms with E-state index in [0.29, 0.717) is 5.55 Å². The predicted molar refractivity (Wildman–Crippen MR) is 54.5 cm³/mol. The van der Waals surface area contributed by atoms with Crippen LogP contribution in [0.2, 0.25) is 0 Å². The molecule has 0 spiro atoms. The fourth-order valence-corrected chi connectivity index (χ4v) is 2.25. The van der Waals surface area contributed by atoms with Crippen LogP contribution in [0.1, 0.15) is 6.92 Å². The molecule has 0 heterocycles. The molecule has 0 aliphatic heterocycles. The van der Waals surface area contributed by atoms with E-state index >= 15 is 0 Å². The highest BCUT2D eigenvalue weighted by atomic mass is 32.2. The standard InChI is InChI=1S/C9H8N2O3S/c1-7-2-3-9(8(4-7)5-12)15(13,14)6-11-10/h2-4,6,9H,1H3. The predicted octanol–water partition coefficient (Wildman–Crippen LogP) is 0.302. The zero-order chi connectivity index (χ0) is 11.5. The Morgan fingerprint density at radius 1 is 1.60 bits per heavy atom. The van der Waals surface area contributed by atoms with Crippen LogP contribution in [-0.4, -0.2) is 29.9 Å². The van der Waals surface area contributed by atoms with Gasteiger partial charge in [-0.25, -0.2) is 13.2 Å². The van der Waals surface area contributed by atoms with E-state index in [4.69, 9.17) is 5.53 Å². The van der Waals surface area contributed by atoms with Gasteiger partial charge in [-0.2, -0.15) is 4.79 Å². The molecule has 15 heavy (non-hydrogen) atoms. The summed E-state index contributed by atoms with van der Waals surface area (Å²) in [7, 11) is -3.79. The van der Waals surface area contributed by atoms with Gasteiger partial charge in [-0.05, 0) is 13.0 Å². The van der Waals surface area contributed by atoms with Crippen LogP contribution in [0.25, 0.3) is 5.53 Å². The minimum absolute atomic E-state index is 0.00917. The van der Waals surface area contributed by atoms with Crippen LogP contribution < -0.4 is 0 Å². The summed E-state index contributed by atoms with van der Waals surface area (Å²) in [6.07, 6.45) is 4.36. The normalized spacial score (nSPS) is 20.2. The molecule has 0 amide bonds. The minimum atomic E-state index is -3.79. The molecule has 1 aliphatic carbocycles. The van der Waals surface area contributed by atoms with E-state index in [2.05, 4.69) is 4.79 Å². The largest absolute Gasteiger partial charge is 0.371 e. The van der Waals surface area contributed by atoms with Crippen LogP contribution >= 0.6 is 0 Å². The Morgan fingerprint density at radius 3 is 2.80 bits per heavy atom. The second-order valence-corrected chi connectivity index (χ2v) is 4.93. The van der Waals surface area contributed by atoms with E-state index in [0.717, 1.165) is 5.57 Å². The van der Waals surface area contributed by atoms with E-state index in [-0.39, 0.29) is 5.57 Å². The van der Waals surface area contributed by atoms with Crippen molar-refractivity contribution in [2.24, 2.45) is 0 Å². The Morgan fingerprint density at radius 2 is 2.27 bits per heavy atom. The zero-order valence-electron chi connectivity index (χ0n) is 7.91. The molecule has 0 saturated heterocycles. The molecule has 0 radical (unpaired) electrons. The summed E-state index contributed by atoms with van der Waals surface area (Å²) in [5.41, 5.74) is 9.37. The summed E-state index contributed by atoms with van der Waals surface area (Å²) >= 11 is 0. The van der Waals surface area contributed by atoms with Crippen molar-refractivity contribution in [1.29, 1.82) is 0 Å². The van der Waals surface area contributed by atoms with Gasteiger partial charge in [-0.1, -0.05) is 17.7 Å². The Bertz CT molecular complexity index is 530. The molecular formula is C9H8N2O3S. The average Bonchev–Trinajstić information content (AvgIpc) is 2.17. The van der Waals surface area contributed by atoms with Crippen molar-refractivity contribution in [2.75, 3.05) is 0 Å². The molecule has 0 N–H and O–H groups in total. The number of allylic oxidation sites excluding steroid dienone is 3. The smallest absolute Gasteiger partial charge is 0.361 e. The molecule has 78 valence electrons. The number of sulfone groups is 1. The first-order valence-electron chi connectivity index (χ1n) is 4.04. The molecule has 0 fully saturated rings. The average molecular weight is 224 g/mol. The fraction of sp³-hybridized carbons (Fsp3) is 0.222. The highest BCUT2D eigenvalue weighted by molar-refractivity contribution is 8.05. The summed E-state index contributed by atoms with van der Waals surface area (Å²) < 4.78 is 22.9. The van der Waals surface area contributed by atoms with Crippen LogP contribution in [0.5, 0.6) is 0 Å². The van der Waals surface area contributed by atoms with E-state index in [1.807, 2.05) is 0 Å². The maximum absolute atomic E-state index is 11.5. The lowest BCUT2D eigenvalue weighted by molar-refractivity contribution is 0.00752. The topological polar surface area (TPSA) is 87.6 Å². The summed E-state index contributed by atoms with van der Waals surface area (Å²) in [6, 6.07) is 0. The molecule has 0 aromatic carbocycles. The quantitative estimate of drug-likeness (QED) is 0.222. The number of hydrogen-bond donors (Lipinski definition) is 0. The highest BCUT2D eigenvalue weighted by Crippen LogP contribution is 2.19. The monoisotopic (exact) mass is 224 g/mol. The van der Waals surface area contributed by atoms with Crippen LogP contribution in [0.4, 0.5) is 0 Å². The molecule has 0 bridgehead atoms. The van der Waals surface area contributed by atoms with E-state index in [1.165, 1.54) is 12.2 Å². The molecular weight excluding hydrogens is 216 g/mol. The third-order valence-electron chi connectivity index (χ3n) is 1.89. The van der Waals surface area contributed by atoms with Gasteiger partial charge in [-0.3, -0.25) is 0 Å². The van der Waals surface area contributed by atoms with Gasteiger partial charge in [0.05, 0.1) is 5.57 Å². The maximum atomic E-state index is 11.5. The van der Waals surface area contributed by atoms with Crippen LogP contribution in [-0.2, 0) is 14.6 Å². The Kier molecular flexibility index (Phi) is 3.17. The number of carbonyl (C=O) groups excluding carboxylic acids is 1. The van der Waals surface area contributed by atoms with Gasteiger partial charge in [0, 0.05) is 0 Å². The van der Waals surface area contributed by atoms with Crippen molar-refractivity contribution in [3.8, 4) is 0 Å². The minimum Gasteiger partial charge on any atom is -0.361 e. The SMILES string of the molecule is CC1=CC(=C=O)C(S(=O)(=O)C=[N+]=[N-])C=C1. The molecule has 0 aromatic rings. The number of hydrogen-bond acceptors (Lipinski definition) is 3. The molecule has 0 saturated carbocycles. The summed E-state index contributed by atoms with van der Waals surface area (Å²) in [4.78, 5) is 13.0. The Balaban J connectivity index is 3.27. The number of nitrogens with zero attached hydrogens (tertiary/aromatic N) is 2. The van der Waals surface area contributed by atoms with Gasteiger partial charge < -0.3 is 5.53 Å². The van der Waals surface area contributed by atoms with Gasteiger partial charge >= 0.3 is 5.55 Å². The van der Waals surface area contributed by atoms with Crippen LogP contribution in [0.3, 0.4) is 0 Å². The van der Waals surface area contributed by atoms with E-state index in [9.17, 15) is 13.2 Å². The molecule has 1 aliphatic rings. The van der Waals surface area contributed by atoms with Crippen LogP contribution in [0.15, 0.2) is 29.4 Å². The lowest BCUT2D eigenvalue weighted by atomic mass is 10.0. The van der Waals surface area contributed by atoms with Gasteiger partial charge in [0.25, 0.3) is 9.84 Å². The number of rotatable bonds is 2.